The minimum Gasteiger partial charge on any atom is -0.492 e. The number of carbonyl (C=O) groups excluding carboxylic acids is 2. The number of Topliss-reactive ketones (excluding diaryl/α,β-unsaturated/α-hetero) is 2. The molecule has 0 fully saturated rings. The van der Waals surface area contributed by atoms with Crippen LogP contribution in [-0.4, -0.2) is 39.3 Å². The van der Waals surface area contributed by atoms with Gasteiger partial charge in [-0.15, -0.1) is 0 Å². The molecule has 0 atom stereocenters. The van der Waals surface area contributed by atoms with Gasteiger partial charge in [0.05, 0.1) is 21.3 Å². The van der Waals surface area contributed by atoms with Crippen LogP contribution in [0.3, 0.4) is 0 Å². The first-order valence-electron chi connectivity index (χ1n) is 4.47. The van der Waals surface area contributed by atoms with E-state index >= 15 is 0 Å². The Labute approximate surface area is 95.6 Å². The van der Waals surface area contributed by atoms with Crippen molar-refractivity contribution in [3.63, 3.8) is 0 Å². The Hall–Kier alpha value is -1.92. The highest BCUT2D eigenvalue weighted by molar-refractivity contribution is 6.23. The molecule has 0 saturated carbocycles. The Morgan fingerprint density at radius 3 is 1.59 bits per heavy atom. The van der Waals surface area contributed by atoms with Gasteiger partial charge in [-0.25, -0.2) is 8.78 Å². The van der Waals surface area contributed by atoms with Crippen molar-refractivity contribution in [2.45, 2.75) is 6.43 Å². The van der Waals surface area contributed by atoms with E-state index in [1.165, 1.54) is 0 Å². The molecule has 0 aromatic heterocycles. The molecule has 0 N–H and O–H groups in total. The summed E-state index contributed by atoms with van der Waals surface area (Å²) < 4.78 is 39.2. The number of ether oxygens (including phenoxy) is 3. The van der Waals surface area contributed by atoms with Gasteiger partial charge in [-0.2, -0.15) is 0 Å². The zero-order valence-corrected chi connectivity index (χ0v) is 9.37. The molecule has 1 aliphatic carbocycles. The third-order valence-electron chi connectivity index (χ3n) is 2.14. The lowest BCUT2D eigenvalue weighted by atomic mass is 9.98. The Kier molecular flexibility index (Phi) is 3.82. The number of hydrogen-bond acceptors (Lipinski definition) is 5. The number of carbonyl (C=O) groups is 2. The molecule has 0 radical (unpaired) electrons. The maximum atomic E-state index is 12.7. The maximum absolute atomic E-state index is 12.7. The minimum atomic E-state index is -3.13. The van der Waals surface area contributed by atoms with Crippen LogP contribution < -0.4 is 0 Å². The molecular formula is C10H10F2O5. The topological polar surface area (TPSA) is 61.8 Å². The molecule has 0 saturated heterocycles. The van der Waals surface area contributed by atoms with Crippen LogP contribution in [0.4, 0.5) is 8.78 Å². The van der Waals surface area contributed by atoms with Crippen LogP contribution in [0, 0.1) is 0 Å². The molecule has 17 heavy (non-hydrogen) atoms. The Balaban J connectivity index is 3.42. The Bertz CT molecular complexity index is 422. The Morgan fingerprint density at radius 2 is 1.24 bits per heavy atom. The van der Waals surface area contributed by atoms with Crippen LogP contribution in [0.15, 0.2) is 22.9 Å². The summed E-state index contributed by atoms with van der Waals surface area (Å²) >= 11 is 0. The zero-order chi connectivity index (χ0) is 13.2. The number of allylic oxidation sites excluding steroid dienone is 1. The largest absolute Gasteiger partial charge is 0.492 e. The highest BCUT2D eigenvalue weighted by atomic mass is 19.3. The molecule has 0 spiro atoms. The zero-order valence-electron chi connectivity index (χ0n) is 9.37. The summed E-state index contributed by atoms with van der Waals surface area (Å²) in [6, 6.07) is 0. The number of hydrogen-bond donors (Lipinski definition) is 0. The molecule has 0 amide bonds. The van der Waals surface area contributed by atoms with Gasteiger partial charge in [-0.05, 0) is 0 Å². The molecule has 0 aromatic rings. The van der Waals surface area contributed by atoms with E-state index in [4.69, 9.17) is 0 Å². The van der Waals surface area contributed by atoms with Crippen LogP contribution in [0.2, 0.25) is 0 Å². The van der Waals surface area contributed by atoms with E-state index < -0.39 is 40.8 Å². The van der Waals surface area contributed by atoms with Gasteiger partial charge in [-0.3, -0.25) is 9.59 Å². The second-order valence-corrected chi connectivity index (χ2v) is 2.97. The first kappa shape index (κ1) is 13.1. The lowest BCUT2D eigenvalue weighted by Crippen LogP contribution is -2.29. The van der Waals surface area contributed by atoms with Crippen molar-refractivity contribution in [1.82, 2.24) is 0 Å². The average molecular weight is 248 g/mol. The summed E-state index contributed by atoms with van der Waals surface area (Å²) in [6.45, 7) is 0. The first-order chi connectivity index (χ1) is 7.99. The normalized spacial score (nSPS) is 16.8. The lowest BCUT2D eigenvalue weighted by Gasteiger charge is -2.20. The molecule has 7 heteroatoms. The van der Waals surface area contributed by atoms with Crippen LogP contribution in [0.25, 0.3) is 0 Å². The van der Waals surface area contributed by atoms with Crippen molar-refractivity contribution >= 4 is 11.6 Å². The van der Waals surface area contributed by atoms with E-state index in [2.05, 4.69) is 14.2 Å². The monoisotopic (exact) mass is 248 g/mol. The van der Waals surface area contributed by atoms with Crippen molar-refractivity contribution in [2.75, 3.05) is 21.3 Å². The predicted octanol–water partition coefficient (Wildman–Crippen LogP) is 0.808. The maximum Gasteiger partial charge on any atom is 0.271 e. The minimum absolute atomic E-state index is 0.446. The summed E-state index contributed by atoms with van der Waals surface area (Å²) in [7, 11) is 3.23. The molecule has 5 nitrogen and oxygen atoms in total. The third kappa shape index (κ3) is 2.00. The number of alkyl halides is 2. The molecule has 1 aliphatic rings. The number of rotatable bonds is 4. The second kappa shape index (κ2) is 4.94. The molecule has 0 bridgehead atoms. The lowest BCUT2D eigenvalue weighted by molar-refractivity contribution is -0.124. The van der Waals surface area contributed by atoms with E-state index in [9.17, 15) is 18.4 Å². The van der Waals surface area contributed by atoms with Gasteiger partial charge in [0.25, 0.3) is 12.2 Å². The van der Waals surface area contributed by atoms with Crippen LogP contribution in [-0.2, 0) is 23.8 Å². The van der Waals surface area contributed by atoms with Gasteiger partial charge >= 0.3 is 0 Å². The SMILES string of the molecule is COC1=C(OC)C(=O)C(C(F)F)=C(OC)C1=O. The summed E-state index contributed by atoms with van der Waals surface area (Å²) in [6.07, 6.45) is -3.13. The smallest absolute Gasteiger partial charge is 0.271 e. The van der Waals surface area contributed by atoms with E-state index in [-0.39, 0.29) is 0 Å². The summed E-state index contributed by atoms with van der Waals surface area (Å²) in [5.74, 6) is -3.77. The number of methoxy groups -OCH3 is 3. The fourth-order valence-corrected chi connectivity index (χ4v) is 1.43. The highest BCUT2D eigenvalue weighted by Crippen LogP contribution is 2.29. The summed E-state index contributed by atoms with van der Waals surface area (Å²) in [5.41, 5.74) is -1.02. The van der Waals surface area contributed by atoms with E-state index in [0.717, 1.165) is 21.3 Å². The standard InChI is InChI=1S/C10H10F2O5/c1-15-7-4(10(11)12)5(13)8(16-2)9(17-3)6(7)14/h10H,1-3H3. The van der Waals surface area contributed by atoms with E-state index in [1.807, 2.05) is 0 Å². The van der Waals surface area contributed by atoms with E-state index in [1.54, 1.807) is 0 Å². The van der Waals surface area contributed by atoms with Crippen molar-refractivity contribution in [3.05, 3.63) is 22.9 Å². The van der Waals surface area contributed by atoms with Crippen molar-refractivity contribution in [3.8, 4) is 0 Å². The van der Waals surface area contributed by atoms with Gasteiger partial charge < -0.3 is 14.2 Å². The summed E-state index contributed by atoms with van der Waals surface area (Å²) in [5, 5.41) is 0. The molecule has 0 aromatic carbocycles. The number of halogens is 2. The molecule has 0 heterocycles. The molecule has 0 unspecified atom stereocenters. The molecule has 0 aliphatic heterocycles. The highest BCUT2D eigenvalue weighted by Gasteiger charge is 2.41. The predicted molar refractivity (Wildman–Crippen MR) is 51.1 cm³/mol. The first-order valence-corrected chi connectivity index (χ1v) is 4.47. The van der Waals surface area contributed by atoms with Crippen molar-refractivity contribution in [1.29, 1.82) is 0 Å². The molecular weight excluding hydrogens is 238 g/mol. The third-order valence-corrected chi connectivity index (χ3v) is 2.14. The van der Waals surface area contributed by atoms with Crippen molar-refractivity contribution in [2.24, 2.45) is 0 Å². The van der Waals surface area contributed by atoms with Crippen LogP contribution >= 0.6 is 0 Å². The van der Waals surface area contributed by atoms with Gasteiger partial charge in [0.2, 0.25) is 17.3 Å². The van der Waals surface area contributed by atoms with Crippen LogP contribution in [0.1, 0.15) is 0 Å². The number of ketones is 2. The van der Waals surface area contributed by atoms with Gasteiger partial charge in [0, 0.05) is 0 Å². The van der Waals surface area contributed by atoms with Gasteiger partial charge in [0.15, 0.2) is 5.76 Å². The molecule has 1 rings (SSSR count). The van der Waals surface area contributed by atoms with Gasteiger partial charge in [0.1, 0.15) is 5.57 Å². The van der Waals surface area contributed by atoms with Crippen LogP contribution in [0.5, 0.6) is 0 Å². The Morgan fingerprint density at radius 1 is 0.824 bits per heavy atom. The average Bonchev–Trinajstić information content (AvgIpc) is 2.29. The fourth-order valence-electron chi connectivity index (χ4n) is 1.43. The fraction of sp³-hybridized carbons (Fsp3) is 0.400. The second-order valence-electron chi connectivity index (χ2n) is 2.97. The summed E-state index contributed by atoms with van der Waals surface area (Å²) in [4.78, 5) is 23.3. The van der Waals surface area contributed by atoms with E-state index in [0.29, 0.717) is 0 Å². The van der Waals surface area contributed by atoms with Gasteiger partial charge in [-0.1, -0.05) is 0 Å². The van der Waals surface area contributed by atoms with Crippen molar-refractivity contribution < 1.29 is 32.6 Å². The quantitative estimate of drug-likeness (QED) is 0.689. The molecule has 94 valence electrons.